The SMILES string of the molecule is COC(=O)c1c(NC(=O)CCn2ccccc2=O)sc2c1CCCC2. The number of anilines is 1. The van der Waals surface area contributed by atoms with Crippen molar-refractivity contribution in [2.24, 2.45) is 0 Å². The molecule has 2 aromatic rings. The molecule has 1 aliphatic carbocycles. The number of nitrogens with one attached hydrogen (secondary N) is 1. The van der Waals surface area contributed by atoms with Crippen LogP contribution in [0.3, 0.4) is 0 Å². The van der Waals surface area contributed by atoms with Crippen LogP contribution < -0.4 is 10.9 Å². The molecule has 0 saturated carbocycles. The maximum Gasteiger partial charge on any atom is 0.341 e. The van der Waals surface area contributed by atoms with Crippen molar-refractivity contribution in [2.75, 3.05) is 12.4 Å². The van der Waals surface area contributed by atoms with Crippen LogP contribution in [0.2, 0.25) is 0 Å². The molecule has 25 heavy (non-hydrogen) atoms. The number of nitrogens with zero attached hydrogens (tertiary/aromatic N) is 1. The van der Waals surface area contributed by atoms with Gasteiger partial charge in [-0.3, -0.25) is 9.59 Å². The summed E-state index contributed by atoms with van der Waals surface area (Å²) in [7, 11) is 1.35. The van der Waals surface area contributed by atoms with Crippen molar-refractivity contribution in [3.8, 4) is 0 Å². The van der Waals surface area contributed by atoms with Crippen molar-refractivity contribution in [1.29, 1.82) is 0 Å². The first-order chi connectivity index (χ1) is 12.1. The smallest absolute Gasteiger partial charge is 0.341 e. The summed E-state index contributed by atoms with van der Waals surface area (Å²) in [4.78, 5) is 37.3. The molecule has 7 heteroatoms. The van der Waals surface area contributed by atoms with Gasteiger partial charge >= 0.3 is 5.97 Å². The average molecular weight is 360 g/mol. The topological polar surface area (TPSA) is 77.4 Å². The lowest BCUT2D eigenvalue weighted by molar-refractivity contribution is -0.116. The molecule has 0 atom stereocenters. The minimum atomic E-state index is -0.408. The van der Waals surface area contributed by atoms with Crippen LogP contribution in [-0.4, -0.2) is 23.6 Å². The van der Waals surface area contributed by atoms with Crippen LogP contribution in [0, 0.1) is 0 Å². The summed E-state index contributed by atoms with van der Waals surface area (Å²) in [5.41, 5.74) is 1.36. The molecule has 0 spiro atoms. The molecule has 3 rings (SSSR count). The molecular formula is C18H20N2O4S. The van der Waals surface area contributed by atoms with Crippen molar-refractivity contribution in [3.05, 3.63) is 50.8 Å². The Morgan fingerprint density at radius 1 is 1.28 bits per heavy atom. The Bertz CT molecular complexity index is 853. The van der Waals surface area contributed by atoms with Crippen molar-refractivity contribution < 1.29 is 14.3 Å². The van der Waals surface area contributed by atoms with Crippen LogP contribution in [0.15, 0.2) is 29.2 Å². The number of amides is 1. The van der Waals surface area contributed by atoms with Gasteiger partial charge in [-0.1, -0.05) is 6.07 Å². The molecule has 1 N–H and O–H groups in total. The molecule has 0 fully saturated rings. The summed E-state index contributed by atoms with van der Waals surface area (Å²) < 4.78 is 6.39. The zero-order valence-electron chi connectivity index (χ0n) is 14.0. The Morgan fingerprint density at radius 3 is 2.84 bits per heavy atom. The normalized spacial score (nSPS) is 13.2. The molecule has 0 saturated heterocycles. The molecular weight excluding hydrogens is 340 g/mol. The van der Waals surface area contributed by atoms with Crippen LogP contribution in [0.25, 0.3) is 0 Å². The third-order valence-corrected chi connectivity index (χ3v) is 5.50. The van der Waals surface area contributed by atoms with Gasteiger partial charge < -0.3 is 14.6 Å². The third kappa shape index (κ3) is 3.82. The van der Waals surface area contributed by atoms with Crippen molar-refractivity contribution in [3.63, 3.8) is 0 Å². The zero-order chi connectivity index (χ0) is 17.8. The summed E-state index contributed by atoms with van der Waals surface area (Å²) in [6, 6.07) is 4.88. The molecule has 0 radical (unpaired) electrons. The molecule has 0 bridgehead atoms. The van der Waals surface area contributed by atoms with Crippen LogP contribution >= 0.6 is 11.3 Å². The van der Waals surface area contributed by atoms with E-state index in [1.54, 1.807) is 18.3 Å². The van der Waals surface area contributed by atoms with E-state index in [1.807, 2.05) is 0 Å². The van der Waals surface area contributed by atoms with Crippen molar-refractivity contribution in [2.45, 2.75) is 38.6 Å². The fourth-order valence-electron chi connectivity index (χ4n) is 3.03. The van der Waals surface area contributed by atoms with E-state index >= 15 is 0 Å². The first kappa shape index (κ1) is 17.4. The van der Waals surface area contributed by atoms with Gasteiger partial charge in [0.25, 0.3) is 5.56 Å². The highest BCUT2D eigenvalue weighted by Crippen LogP contribution is 2.38. The number of pyridine rings is 1. The second kappa shape index (κ2) is 7.65. The number of rotatable bonds is 5. The molecule has 1 amide bonds. The number of esters is 1. The quantitative estimate of drug-likeness (QED) is 0.832. The monoisotopic (exact) mass is 360 g/mol. The van der Waals surface area contributed by atoms with E-state index < -0.39 is 5.97 Å². The molecule has 1 aliphatic rings. The summed E-state index contributed by atoms with van der Waals surface area (Å²) >= 11 is 1.46. The molecule has 132 valence electrons. The number of aromatic nitrogens is 1. The summed E-state index contributed by atoms with van der Waals surface area (Å²) in [6.07, 6.45) is 5.72. The molecule has 0 unspecified atom stereocenters. The number of carbonyl (C=O) groups is 2. The fourth-order valence-corrected chi connectivity index (χ4v) is 4.32. The van der Waals surface area contributed by atoms with E-state index in [1.165, 1.54) is 29.1 Å². The first-order valence-corrected chi connectivity index (χ1v) is 9.10. The fraction of sp³-hybridized carbons (Fsp3) is 0.389. The van der Waals surface area contributed by atoms with Crippen LogP contribution in [0.1, 0.15) is 40.1 Å². The maximum atomic E-state index is 12.3. The third-order valence-electron chi connectivity index (χ3n) is 4.29. The number of carbonyl (C=O) groups excluding carboxylic acids is 2. The number of methoxy groups -OCH3 is 1. The lowest BCUT2D eigenvalue weighted by atomic mass is 9.95. The minimum Gasteiger partial charge on any atom is -0.465 e. The van der Waals surface area contributed by atoms with Gasteiger partial charge in [0.2, 0.25) is 5.91 Å². The van der Waals surface area contributed by atoms with Crippen molar-refractivity contribution >= 4 is 28.2 Å². The number of aryl methyl sites for hydroxylation is 2. The van der Waals surface area contributed by atoms with Gasteiger partial charge in [0.1, 0.15) is 5.00 Å². The van der Waals surface area contributed by atoms with E-state index in [4.69, 9.17) is 4.74 Å². The van der Waals surface area contributed by atoms with Crippen LogP contribution in [0.4, 0.5) is 5.00 Å². The summed E-state index contributed by atoms with van der Waals surface area (Å²) in [5.74, 6) is -0.631. The highest BCUT2D eigenvalue weighted by Gasteiger charge is 2.26. The molecule has 6 nitrogen and oxygen atoms in total. The predicted octanol–water partition coefficient (Wildman–Crippen LogP) is 2.60. The second-order valence-electron chi connectivity index (χ2n) is 5.94. The van der Waals surface area contributed by atoms with Gasteiger partial charge in [-0.15, -0.1) is 11.3 Å². The maximum absolute atomic E-state index is 12.3. The number of ether oxygens (including phenoxy) is 1. The standard InChI is InChI=1S/C18H20N2O4S/c1-24-18(23)16-12-6-2-3-7-13(12)25-17(16)19-14(21)9-11-20-10-5-4-8-15(20)22/h4-5,8,10H,2-3,6-7,9,11H2,1H3,(H,19,21). The molecule has 2 heterocycles. The van der Waals surface area contributed by atoms with Gasteiger partial charge in [-0.2, -0.15) is 0 Å². The Hall–Kier alpha value is -2.41. The van der Waals surface area contributed by atoms with E-state index in [0.717, 1.165) is 36.1 Å². The highest BCUT2D eigenvalue weighted by atomic mass is 32.1. The molecule has 0 aliphatic heterocycles. The second-order valence-corrected chi connectivity index (χ2v) is 7.04. The van der Waals surface area contributed by atoms with E-state index in [2.05, 4.69) is 5.32 Å². The predicted molar refractivity (Wildman–Crippen MR) is 96.2 cm³/mol. The Labute approximate surface area is 149 Å². The van der Waals surface area contributed by atoms with E-state index in [-0.39, 0.29) is 17.9 Å². The number of thiophene rings is 1. The highest BCUT2D eigenvalue weighted by molar-refractivity contribution is 7.17. The number of fused-ring (bicyclic) bond motifs is 1. The Balaban J connectivity index is 1.74. The Kier molecular flexibility index (Phi) is 5.33. The summed E-state index contributed by atoms with van der Waals surface area (Å²) in [5, 5.41) is 3.40. The van der Waals surface area contributed by atoms with E-state index in [0.29, 0.717) is 17.1 Å². The van der Waals surface area contributed by atoms with Gasteiger partial charge in [0.05, 0.1) is 12.7 Å². The van der Waals surface area contributed by atoms with Crippen LogP contribution in [0.5, 0.6) is 0 Å². The average Bonchev–Trinajstić information content (AvgIpc) is 2.98. The zero-order valence-corrected chi connectivity index (χ0v) is 14.9. The van der Waals surface area contributed by atoms with Crippen LogP contribution in [-0.2, 0) is 28.9 Å². The number of hydrogen-bond acceptors (Lipinski definition) is 5. The molecule has 0 aromatic carbocycles. The van der Waals surface area contributed by atoms with Gasteiger partial charge in [0.15, 0.2) is 0 Å². The largest absolute Gasteiger partial charge is 0.465 e. The lowest BCUT2D eigenvalue weighted by Gasteiger charge is -2.11. The van der Waals surface area contributed by atoms with Crippen molar-refractivity contribution in [1.82, 2.24) is 4.57 Å². The first-order valence-electron chi connectivity index (χ1n) is 8.28. The van der Waals surface area contributed by atoms with Gasteiger partial charge in [0, 0.05) is 30.1 Å². The molecule has 2 aromatic heterocycles. The number of hydrogen-bond donors (Lipinski definition) is 1. The Morgan fingerprint density at radius 2 is 2.08 bits per heavy atom. The summed E-state index contributed by atoms with van der Waals surface area (Å²) in [6.45, 7) is 0.296. The van der Waals surface area contributed by atoms with Gasteiger partial charge in [-0.05, 0) is 37.3 Å². The minimum absolute atomic E-state index is 0.142. The van der Waals surface area contributed by atoms with Gasteiger partial charge in [-0.25, -0.2) is 4.79 Å². The van der Waals surface area contributed by atoms with E-state index in [9.17, 15) is 14.4 Å². The lowest BCUT2D eigenvalue weighted by Crippen LogP contribution is -2.22.